The average molecular weight is 254 g/mol. The first-order chi connectivity index (χ1) is 8.22. The Morgan fingerprint density at radius 2 is 2.24 bits per heavy atom. The van der Waals surface area contributed by atoms with Gasteiger partial charge in [-0.15, -0.1) is 12.3 Å². The molecular weight excluding hydrogens is 238 g/mol. The predicted octanol–water partition coefficient (Wildman–Crippen LogP) is 2.25. The zero-order valence-corrected chi connectivity index (χ0v) is 10.6. The molecular formula is C13H16ClNO2. The predicted molar refractivity (Wildman–Crippen MR) is 69.7 cm³/mol. The summed E-state index contributed by atoms with van der Waals surface area (Å²) in [6, 6.07) is 3.55. The van der Waals surface area contributed by atoms with Gasteiger partial charge >= 0.3 is 0 Å². The third-order valence-corrected chi connectivity index (χ3v) is 2.44. The maximum Gasteiger partial charge on any atom is 0.164 e. The summed E-state index contributed by atoms with van der Waals surface area (Å²) in [5.41, 5.74) is 6.49. The molecule has 1 aromatic carbocycles. The summed E-state index contributed by atoms with van der Waals surface area (Å²) in [7, 11) is 1.58. The van der Waals surface area contributed by atoms with Crippen molar-refractivity contribution in [1.82, 2.24) is 0 Å². The number of benzene rings is 1. The molecule has 92 valence electrons. The van der Waals surface area contributed by atoms with Gasteiger partial charge in [0.1, 0.15) is 0 Å². The molecule has 0 spiro atoms. The topological polar surface area (TPSA) is 44.5 Å². The number of rotatable bonds is 6. The van der Waals surface area contributed by atoms with Crippen molar-refractivity contribution in [2.45, 2.75) is 12.8 Å². The molecule has 17 heavy (non-hydrogen) atoms. The van der Waals surface area contributed by atoms with Gasteiger partial charge in [-0.25, -0.2) is 0 Å². The van der Waals surface area contributed by atoms with E-state index in [1.165, 1.54) is 0 Å². The number of hydrogen-bond acceptors (Lipinski definition) is 3. The lowest BCUT2D eigenvalue weighted by Gasteiger charge is -2.14. The Kier molecular flexibility index (Phi) is 5.68. The molecule has 0 fully saturated rings. The second-order valence-electron chi connectivity index (χ2n) is 3.44. The number of terminal acetylenes is 1. The van der Waals surface area contributed by atoms with E-state index in [-0.39, 0.29) is 0 Å². The molecule has 0 amide bonds. The van der Waals surface area contributed by atoms with Crippen molar-refractivity contribution in [2.75, 3.05) is 20.3 Å². The molecule has 0 heterocycles. The van der Waals surface area contributed by atoms with Gasteiger partial charge in [0.15, 0.2) is 11.5 Å². The van der Waals surface area contributed by atoms with E-state index >= 15 is 0 Å². The molecule has 0 bridgehead atoms. The van der Waals surface area contributed by atoms with Crippen LogP contribution >= 0.6 is 11.6 Å². The lowest BCUT2D eigenvalue weighted by molar-refractivity contribution is 0.298. The van der Waals surface area contributed by atoms with E-state index in [4.69, 9.17) is 33.2 Å². The minimum Gasteiger partial charge on any atom is -0.493 e. The van der Waals surface area contributed by atoms with Crippen molar-refractivity contribution in [2.24, 2.45) is 5.73 Å². The Hall–Kier alpha value is -1.37. The quantitative estimate of drug-likeness (QED) is 0.625. The summed E-state index contributed by atoms with van der Waals surface area (Å²) < 4.78 is 10.9. The van der Waals surface area contributed by atoms with E-state index in [0.717, 1.165) is 5.56 Å². The molecule has 0 aliphatic heterocycles. The van der Waals surface area contributed by atoms with Gasteiger partial charge in [-0.3, -0.25) is 0 Å². The lowest BCUT2D eigenvalue weighted by Crippen LogP contribution is -2.07. The number of halogens is 1. The lowest BCUT2D eigenvalue weighted by atomic mass is 10.1. The molecule has 0 radical (unpaired) electrons. The fourth-order valence-corrected chi connectivity index (χ4v) is 1.72. The highest BCUT2D eigenvalue weighted by Crippen LogP contribution is 2.35. The van der Waals surface area contributed by atoms with Crippen LogP contribution in [0.15, 0.2) is 12.1 Å². The highest BCUT2D eigenvalue weighted by molar-refractivity contribution is 6.30. The number of nitrogens with two attached hydrogens (primary N) is 1. The maximum atomic E-state index is 5.99. The molecule has 0 unspecified atom stereocenters. The molecule has 1 rings (SSSR count). The minimum atomic E-state index is 0.450. The summed E-state index contributed by atoms with van der Waals surface area (Å²) in [5, 5.41) is 0.606. The normalized spacial score (nSPS) is 9.76. The largest absolute Gasteiger partial charge is 0.493 e. The van der Waals surface area contributed by atoms with Gasteiger partial charge in [-0.2, -0.15) is 0 Å². The van der Waals surface area contributed by atoms with Gasteiger partial charge in [0, 0.05) is 23.1 Å². The van der Waals surface area contributed by atoms with Crippen molar-refractivity contribution < 1.29 is 9.47 Å². The Morgan fingerprint density at radius 1 is 1.47 bits per heavy atom. The zero-order chi connectivity index (χ0) is 12.7. The van der Waals surface area contributed by atoms with Crippen LogP contribution in [0, 0.1) is 12.3 Å². The van der Waals surface area contributed by atoms with Gasteiger partial charge in [-0.05, 0) is 19.0 Å². The van der Waals surface area contributed by atoms with Gasteiger partial charge in [0.2, 0.25) is 0 Å². The molecule has 0 saturated carbocycles. The van der Waals surface area contributed by atoms with Crippen LogP contribution in [0.2, 0.25) is 5.02 Å². The van der Waals surface area contributed by atoms with Crippen LogP contribution in [0.5, 0.6) is 11.5 Å². The van der Waals surface area contributed by atoms with E-state index in [1.807, 2.05) is 6.07 Å². The van der Waals surface area contributed by atoms with E-state index < -0.39 is 0 Å². The van der Waals surface area contributed by atoms with Gasteiger partial charge in [0.05, 0.1) is 13.7 Å². The van der Waals surface area contributed by atoms with Crippen molar-refractivity contribution in [3.8, 4) is 23.8 Å². The molecule has 2 N–H and O–H groups in total. The first-order valence-electron chi connectivity index (χ1n) is 5.35. The molecule has 3 nitrogen and oxygen atoms in total. The molecule has 0 aromatic heterocycles. The van der Waals surface area contributed by atoms with Crippen molar-refractivity contribution in [3.05, 3.63) is 22.7 Å². The van der Waals surface area contributed by atoms with Crippen LogP contribution in [0.1, 0.15) is 12.0 Å². The highest BCUT2D eigenvalue weighted by atomic mass is 35.5. The standard InChI is InChI=1S/C13H16ClNO2/c1-3-4-7-17-13-10(5-6-15)8-11(14)9-12(13)16-2/h1,8-9H,4-7,15H2,2H3. The third-order valence-electron chi connectivity index (χ3n) is 2.22. The summed E-state index contributed by atoms with van der Waals surface area (Å²) in [6.07, 6.45) is 6.41. The van der Waals surface area contributed by atoms with E-state index in [9.17, 15) is 0 Å². The first-order valence-corrected chi connectivity index (χ1v) is 5.73. The number of hydrogen-bond donors (Lipinski definition) is 1. The van der Waals surface area contributed by atoms with Crippen LogP contribution < -0.4 is 15.2 Å². The Labute approximate surface area is 107 Å². The summed E-state index contributed by atoms with van der Waals surface area (Å²) in [4.78, 5) is 0. The second kappa shape index (κ2) is 7.05. The molecule has 0 aliphatic rings. The Balaban J connectivity index is 2.99. The number of ether oxygens (including phenoxy) is 2. The fourth-order valence-electron chi connectivity index (χ4n) is 1.49. The first kappa shape index (κ1) is 13.7. The van der Waals surface area contributed by atoms with E-state index in [0.29, 0.717) is 42.5 Å². The van der Waals surface area contributed by atoms with Gasteiger partial charge < -0.3 is 15.2 Å². The number of methoxy groups -OCH3 is 1. The minimum absolute atomic E-state index is 0.450. The summed E-state index contributed by atoms with van der Waals surface area (Å²) in [5.74, 6) is 3.81. The van der Waals surface area contributed by atoms with Crippen molar-refractivity contribution in [1.29, 1.82) is 0 Å². The third kappa shape index (κ3) is 3.85. The summed E-state index contributed by atoms with van der Waals surface area (Å²) in [6.45, 7) is 0.973. The van der Waals surface area contributed by atoms with Crippen LogP contribution in [0.4, 0.5) is 0 Å². The smallest absolute Gasteiger partial charge is 0.164 e. The molecule has 1 aromatic rings. The second-order valence-corrected chi connectivity index (χ2v) is 3.87. The van der Waals surface area contributed by atoms with Crippen molar-refractivity contribution in [3.63, 3.8) is 0 Å². The van der Waals surface area contributed by atoms with E-state index in [1.54, 1.807) is 13.2 Å². The Bertz CT molecular complexity index is 413. The average Bonchev–Trinajstić information content (AvgIpc) is 2.31. The highest BCUT2D eigenvalue weighted by Gasteiger charge is 2.12. The van der Waals surface area contributed by atoms with Crippen LogP contribution in [0.3, 0.4) is 0 Å². The Morgan fingerprint density at radius 3 is 2.82 bits per heavy atom. The zero-order valence-electron chi connectivity index (χ0n) is 9.83. The molecule has 0 atom stereocenters. The van der Waals surface area contributed by atoms with Crippen LogP contribution in [0.25, 0.3) is 0 Å². The molecule has 4 heteroatoms. The van der Waals surface area contributed by atoms with Crippen LogP contribution in [-0.4, -0.2) is 20.3 Å². The molecule has 0 aliphatic carbocycles. The maximum absolute atomic E-state index is 5.99. The van der Waals surface area contributed by atoms with Gasteiger partial charge in [0.25, 0.3) is 0 Å². The van der Waals surface area contributed by atoms with E-state index in [2.05, 4.69) is 5.92 Å². The fraction of sp³-hybridized carbons (Fsp3) is 0.385. The SMILES string of the molecule is C#CCCOc1c(CCN)cc(Cl)cc1OC. The molecule has 0 saturated heterocycles. The van der Waals surface area contributed by atoms with Gasteiger partial charge in [-0.1, -0.05) is 11.6 Å². The monoisotopic (exact) mass is 253 g/mol. The van der Waals surface area contributed by atoms with Crippen LogP contribution in [-0.2, 0) is 6.42 Å². The summed E-state index contributed by atoms with van der Waals surface area (Å²) >= 11 is 5.99. The van der Waals surface area contributed by atoms with Crippen molar-refractivity contribution >= 4 is 11.6 Å².